The second kappa shape index (κ2) is 6.77. The Morgan fingerprint density at radius 2 is 2.06 bits per heavy atom. The lowest BCUT2D eigenvalue weighted by atomic mass is 10.1. The lowest BCUT2D eigenvalue weighted by Gasteiger charge is -2.28. The van der Waals surface area contributed by atoms with Gasteiger partial charge in [0.05, 0.1) is 18.6 Å². The predicted octanol–water partition coefficient (Wildman–Crippen LogP) is 3.63. The Labute approximate surface area is 117 Å². The van der Waals surface area contributed by atoms with E-state index >= 15 is 0 Å². The van der Waals surface area contributed by atoms with Gasteiger partial charge in [-0.25, -0.2) is 0 Å². The number of aliphatic hydroxyl groups excluding tert-OH is 1. The van der Waals surface area contributed by atoms with E-state index in [1.54, 1.807) is 6.92 Å². The van der Waals surface area contributed by atoms with Crippen molar-refractivity contribution in [2.75, 3.05) is 11.4 Å². The number of nitriles is 1. The molecular formula is C14H19BrN2O. The molecule has 18 heavy (non-hydrogen) atoms. The van der Waals surface area contributed by atoms with Gasteiger partial charge in [0.1, 0.15) is 0 Å². The number of hydrogen-bond donors (Lipinski definition) is 1. The van der Waals surface area contributed by atoms with Crippen LogP contribution in [0.5, 0.6) is 0 Å². The number of nitrogens with zero attached hydrogens (tertiary/aromatic N) is 2. The van der Waals surface area contributed by atoms with Gasteiger partial charge in [0.2, 0.25) is 0 Å². The van der Waals surface area contributed by atoms with Crippen LogP contribution in [0.15, 0.2) is 22.7 Å². The standard InChI is InChI=1S/C14H19BrN2O/c1-10(2)17(8-4-7-16)12-5-6-13(11(3)18)14(15)9-12/h5-6,9-11,18H,4,8H2,1-3H3. The predicted molar refractivity (Wildman–Crippen MR) is 77.5 cm³/mol. The van der Waals surface area contributed by atoms with E-state index in [2.05, 4.69) is 40.7 Å². The first-order valence-corrected chi connectivity index (χ1v) is 6.87. The molecule has 1 aromatic rings. The molecule has 98 valence electrons. The molecule has 0 aliphatic carbocycles. The van der Waals surface area contributed by atoms with Crippen LogP contribution in [0.25, 0.3) is 0 Å². The quantitative estimate of drug-likeness (QED) is 0.903. The molecule has 3 nitrogen and oxygen atoms in total. The Balaban J connectivity index is 3.00. The van der Waals surface area contributed by atoms with Crippen molar-refractivity contribution in [2.24, 2.45) is 0 Å². The summed E-state index contributed by atoms with van der Waals surface area (Å²) in [7, 11) is 0. The molecule has 1 aromatic carbocycles. The normalized spacial score (nSPS) is 12.3. The van der Waals surface area contributed by atoms with Gasteiger partial charge in [-0.3, -0.25) is 0 Å². The van der Waals surface area contributed by atoms with E-state index in [4.69, 9.17) is 5.26 Å². The third-order valence-electron chi connectivity index (χ3n) is 2.85. The highest BCUT2D eigenvalue weighted by molar-refractivity contribution is 9.10. The molecule has 4 heteroatoms. The minimum absolute atomic E-state index is 0.336. The van der Waals surface area contributed by atoms with E-state index < -0.39 is 6.10 Å². The summed E-state index contributed by atoms with van der Waals surface area (Å²) in [6.45, 7) is 6.67. The fourth-order valence-electron chi connectivity index (χ4n) is 1.89. The van der Waals surface area contributed by atoms with E-state index in [-0.39, 0.29) is 0 Å². The average molecular weight is 311 g/mol. The van der Waals surface area contributed by atoms with Gasteiger partial charge < -0.3 is 10.0 Å². The molecule has 0 fully saturated rings. The number of rotatable bonds is 5. The van der Waals surface area contributed by atoms with Crippen LogP contribution in [0.3, 0.4) is 0 Å². The van der Waals surface area contributed by atoms with Gasteiger partial charge in [0.15, 0.2) is 0 Å². The second-order valence-electron chi connectivity index (χ2n) is 4.58. The van der Waals surface area contributed by atoms with E-state index in [0.29, 0.717) is 19.0 Å². The molecule has 0 aromatic heterocycles. The molecule has 0 spiro atoms. The molecule has 0 heterocycles. The van der Waals surface area contributed by atoms with Crippen LogP contribution >= 0.6 is 15.9 Å². The van der Waals surface area contributed by atoms with Crippen molar-refractivity contribution in [1.29, 1.82) is 5.26 Å². The Morgan fingerprint density at radius 1 is 1.39 bits per heavy atom. The largest absolute Gasteiger partial charge is 0.389 e. The Kier molecular flexibility index (Phi) is 5.64. The zero-order valence-corrected chi connectivity index (χ0v) is 12.6. The van der Waals surface area contributed by atoms with Gasteiger partial charge in [-0.15, -0.1) is 0 Å². The zero-order chi connectivity index (χ0) is 13.7. The summed E-state index contributed by atoms with van der Waals surface area (Å²) < 4.78 is 0.901. The first kappa shape index (κ1) is 15.0. The molecular weight excluding hydrogens is 292 g/mol. The van der Waals surface area contributed by atoms with Crippen molar-refractivity contribution in [3.8, 4) is 6.07 Å². The van der Waals surface area contributed by atoms with Crippen LogP contribution < -0.4 is 4.90 Å². The number of benzene rings is 1. The summed E-state index contributed by atoms with van der Waals surface area (Å²) >= 11 is 3.48. The lowest BCUT2D eigenvalue weighted by Crippen LogP contribution is -2.31. The topological polar surface area (TPSA) is 47.3 Å². The SMILES string of the molecule is CC(O)c1ccc(N(CCC#N)C(C)C)cc1Br. The highest BCUT2D eigenvalue weighted by atomic mass is 79.9. The monoisotopic (exact) mass is 310 g/mol. The first-order chi connectivity index (χ1) is 8.47. The van der Waals surface area contributed by atoms with E-state index in [9.17, 15) is 5.11 Å². The van der Waals surface area contributed by atoms with E-state index in [1.807, 2.05) is 18.2 Å². The molecule has 0 saturated heterocycles. The van der Waals surface area contributed by atoms with Crippen LogP contribution in [0.2, 0.25) is 0 Å². The molecule has 0 saturated carbocycles. The highest BCUT2D eigenvalue weighted by Gasteiger charge is 2.13. The summed E-state index contributed by atoms with van der Waals surface area (Å²) in [6, 6.07) is 8.42. The summed E-state index contributed by atoms with van der Waals surface area (Å²) in [4.78, 5) is 2.18. The molecule has 1 rings (SSSR count). The first-order valence-electron chi connectivity index (χ1n) is 6.08. The number of hydrogen-bond acceptors (Lipinski definition) is 3. The fourth-order valence-corrected chi connectivity index (χ4v) is 2.59. The smallest absolute Gasteiger partial charge is 0.0772 e. The lowest BCUT2D eigenvalue weighted by molar-refractivity contribution is 0.198. The molecule has 1 unspecified atom stereocenters. The average Bonchev–Trinajstić information content (AvgIpc) is 2.28. The molecule has 0 aliphatic heterocycles. The molecule has 0 bridgehead atoms. The number of halogens is 1. The van der Waals surface area contributed by atoms with Gasteiger partial charge in [-0.2, -0.15) is 5.26 Å². The summed E-state index contributed by atoms with van der Waals surface area (Å²) in [6.07, 6.45) is 0.0218. The van der Waals surface area contributed by atoms with Crippen LogP contribution in [0.1, 0.15) is 38.9 Å². The third kappa shape index (κ3) is 3.72. The Hall–Kier alpha value is -1.05. The maximum absolute atomic E-state index is 9.60. The second-order valence-corrected chi connectivity index (χ2v) is 5.43. The van der Waals surface area contributed by atoms with Gasteiger partial charge in [-0.05, 0) is 38.5 Å². The zero-order valence-electron chi connectivity index (χ0n) is 11.0. The van der Waals surface area contributed by atoms with Crippen molar-refractivity contribution >= 4 is 21.6 Å². The summed E-state index contributed by atoms with van der Waals surface area (Å²) in [5.74, 6) is 0. The van der Waals surface area contributed by atoms with E-state index in [1.165, 1.54) is 0 Å². The van der Waals surface area contributed by atoms with E-state index in [0.717, 1.165) is 15.7 Å². The molecule has 1 N–H and O–H groups in total. The van der Waals surface area contributed by atoms with Gasteiger partial charge in [0.25, 0.3) is 0 Å². The fraction of sp³-hybridized carbons (Fsp3) is 0.500. The molecule has 0 radical (unpaired) electrons. The maximum Gasteiger partial charge on any atom is 0.0772 e. The van der Waals surface area contributed by atoms with Crippen molar-refractivity contribution < 1.29 is 5.11 Å². The minimum Gasteiger partial charge on any atom is -0.389 e. The maximum atomic E-state index is 9.60. The molecule has 0 amide bonds. The Bertz CT molecular complexity index is 438. The van der Waals surface area contributed by atoms with Gasteiger partial charge in [0, 0.05) is 22.7 Å². The summed E-state index contributed by atoms with van der Waals surface area (Å²) in [5, 5.41) is 18.3. The highest BCUT2D eigenvalue weighted by Crippen LogP contribution is 2.29. The van der Waals surface area contributed by atoms with Crippen molar-refractivity contribution in [3.05, 3.63) is 28.2 Å². The van der Waals surface area contributed by atoms with Crippen LogP contribution in [-0.4, -0.2) is 17.7 Å². The number of aliphatic hydroxyl groups is 1. The van der Waals surface area contributed by atoms with Crippen molar-refractivity contribution in [1.82, 2.24) is 0 Å². The van der Waals surface area contributed by atoms with Crippen LogP contribution in [0.4, 0.5) is 5.69 Å². The number of anilines is 1. The van der Waals surface area contributed by atoms with Gasteiger partial charge >= 0.3 is 0 Å². The van der Waals surface area contributed by atoms with Crippen molar-refractivity contribution in [3.63, 3.8) is 0 Å². The van der Waals surface area contributed by atoms with Crippen molar-refractivity contribution in [2.45, 2.75) is 39.3 Å². The van der Waals surface area contributed by atoms with Crippen LogP contribution in [-0.2, 0) is 0 Å². The summed E-state index contributed by atoms with van der Waals surface area (Å²) in [5.41, 5.74) is 1.94. The molecule has 1 atom stereocenters. The Morgan fingerprint density at radius 3 is 2.50 bits per heavy atom. The minimum atomic E-state index is -0.486. The van der Waals surface area contributed by atoms with Crippen LogP contribution in [0, 0.1) is 11.3 Å². The third-order valence-corrected chi connectivity index (χ3v) is 3.54. The molecule has 0 aliphatic rings. The van der Waals surface area contributed by atoms with Gasteiger partial charge in [-0.1, -0.05) is 22.0 Å².